The first-order chi connectivity index (χ1) is 3.91. The van der Waals surface area contributed by atoms with E-state index in [-0.39, 0.29) is 0 Å². The Bertz CT molecular complexity index is 108. The van der Waals surface area contributed by atoms with Crippen LogP contribution in [0.5, 0.6) is 0 Å². The lowest BCUT2D eigenvalue weighted by atomic mass is 11.1. The van der Waals surface area contributed by atoms with Crippen LogP contribution in [0, 0.1) is 0 Å². The summed E-state index contributed by atoms with van der Waals surface area (Å²) in [4.78, 5) is 0. The smallest absolute Gasteiger partial charge is 0.0442 e. The second-order valence-electron chi connectivity index (χ2n) is 0.775. The van der Waals surface area contributed by atoms with E-state index in [0.717, 1.165) is 0 Å². The Morgan fingerprint density at radius 1 is 0.875 bits per heavy atom. The monoisotopic (exact) mass is 110 g/mol. The number of rotatable bonds is 3. The zero-order valence-electron chi connectivity index (χ0n) is 4.36. The quantitative estimate of drug-likeness (QED) is 0.394. The highest BCUT2D eigenvalue weighted by atomic mass is 15.4. The Morgan fingerprint density at radius 3 is 1.50 bits per heavy atom. The third kappa shape index (κ3) is 4.68. The van der Waals surface area contributed by atoms with Crippen molar-refractivity contribution in [2.75, 3.05) is 0 Å². The van der Waals surface area contributed by atoms with Gasteiger partial charge in [0.1, 0.15) is 0 Å². The molecule has 0 saturated heterocycles. The van der Waals surface area contributed by atoms with Gasteiger partial charge in [-0.05, 0) is 10.4 Å². The summed E-state index contributed by atoms with van der Waals surface area (Å²) in [5.74, 6) is 0. The van der Waals surface area contributed by atoms with Crippen LogP contribution in [0.15, 0.2) is 46.2 Å². The van der Waals surface area contributed by atoms with Crippen molar-refractivity contribution in [3.8, 4) is 0 Å². The Labute approximate surface area is 47.3 Å². The SMILES string of the molecule is C=CN=NN=NC=C. The molecule has 0 unspecified atom stereocenters. The molecular weight excluding hydrogens is 104 g/mol. The molecule has 4 nitrogen and oxygen atoms in total. The van der Waals surface area contributed by atoms with E-state index in [1.807, 2.05) is 0 Å². The fraction of sp³-hybridized carbons (Fsp3) is 0. The van der Waals surface area contributed by atoms with Crippen LogP contribution in [-0.2, 0) is 0 Å². The van der Waals surface area contributed by atoms with Crippen molar-refractivity contribution in [1.29, 1.82) is 0 Å². The van der Waals surface area contributed by atoms with Crippen molar-refractivity contribution < 1.29 is 0 Å². The van der Waals surface area contributed by atoms with Gasteiger partial charge in [0.05, 0.1) is 0 Å². The lowest BCUT2D eigenvalue weighted by Gasteiger charge is -1.65. The second kappa shape index (κ2) is 5.68. The van der Waals surface area contributed by atoms with Gasteiger partial charge in [0.25, 0.3) is 0 Å². The molecule has 0 amide bonds. The summed E-state index contributed by atoms with van der Waals surface area (Å²) in [6.07, 6.45) is 2.53. The van der Waals surface area contributed by atoms with Crippen molar-refractivity contribution in [2.45, 2.75) is 0 Å². The largest absolute Gasteiger partial charge is 0.138 e. The molecule has 0 aromatic carbocycles. The van der Waals surface area contributed by atoms with E-state index in [4.69, 9.17) is 0 Å². The predicted molar refractivity (Wildman–Crippen MR) is 30.1 cm³/mol. The lowest BCUT2D eigenvalue weighted by molar-refractivity contribution is 0.954. The predicted octanol–water partition coefficient (Wildman–Crippen LogP) is 2.09. The first kappa shape index (κ1) is 6.68. The summed E-state index contributed by atoms with van der Waals surface area (Å²) in [5.41, 5.74) is 0. The van der Waals surface area contributed by atoms with E-state index in [0.29, 0.717) is 0 Å². The molecule has 0 N–H and O–H groups in total. The molecule has 0 aliphatic carbocycles. The van der Waals surface area contributed by atoms with Gasteiger partial charge in [0, 0.05) is 12.4 Å². The molecule has 4 heteroatoms. The molecule has 0 aliphatic rings. The minimum absolute atomic E-state index is 1.27. The van der Waals surface area contributed by atoms with Crippen molar-refractivity contribution in [3.05, 3.63) is 25.6 Å². The molecule has 0 heterocycles. The Kier molecular flexibility index (Phi) is 4.74. The van der Waals surface area contributed by atoms with Crippen molar-refractivity contribution in [2.24, 2.45) is 20.7 Å². The van der Waals surface area contributed by atoms with E-state index in [2.05, 4.69) is 33.8 Å². The van der Waals surface area contributed by atoms with Crippen molar-refractivity contribution in [1.82, 2.24) is 0 Å². The summed E-state index contributed by atoms with van der Waals surface area (Å²) in [7, 11) is 0. The van der Waals surface area contributed by atoms with E-state index >= 15 is 0 Å². The maximum absolute atomic E-state index is 3.29. The van der Waals surface area contributed by atoms with E-state index in [1.165, 1.54) is 12.4 Å². The molecular formula is C4H6N4. The van der Waals surface area contributed by atoms with Crippen LogP contribution in [0.3, 0.4) is 0 Å². The van der Waals surface area contributed by atoms with E-state index in [9.17, 15) is 0 Å². The number of hydrogen-bond donors (Lipinski definition) is 0. The average Bonchev–Trinajstić information content (AvgIpc) is 1.81. The van der Waals surface area contributed by atoms with Gasteiger partial charge in [0.2, 0.25) is 0 Å². The molecule has 0 aromatic rings. The first-order valence-corrected chi connectivity index (χ1v) is 1.93. The fourth-order valence-corrected chi connectivity index (χ4v) is 0.119. The van der Waals surface area contributed by atoms with Crippen LogP contribution in [0.25, 0.3) is 0 Å². The van der Waals surface area contributed by atoms with Gasteiger partial charge in [-0.25, -0.2) is 0 Å². The van der Waals surface area contributed by atoms with Gasteiger partial charge in [-0.15, -0.1) is 10.2 Å². The van der Waals surface area contributed by atoms with E-state index in [1.54, 1.807) is 0 Å². The molecule has 0 bridgehead atoms. The molecule has 0 fully saturated rings. The summed E-state index contributed by atoms with van der Waals surface area (Å²) < 4.78 is 0. The number of hydrogen-bond acceptors (Lipinski definition) is 2. The summed E-state index contributed by atoms with van der Waals surface area (Å²) >= 11 is 0. The van der Waals surface area contributed by atoms with Crippen LogP contribution < -0.4 is 0 Å². The molecule has 0 rings (SSSR count). The third-order valence-corrected chi connectivity index (χ3v) is 0.307. The van der Waals surface area contributed by atoms with Gasteiger partial charge in [-0.2, -0.15) is 0 Å². The first-order valence-electron chi connectivity index (χ1n) is 1.93. The van der Waals surface area contributed by atoms with Gasteiger partial charge < -0.3 is 0 Å². The summed E-state index contributed by atoms with van der Waals surface area (Å²) in [6, 6.07) is 0. The highest BCUT2D eigenvalue weighted by Gasteiger charge is 1.56. The van der Waals surface area contributed by atoms with Crippen LogP contribution in [0.1, 0.15) is 0 Å². The van der Waals surface area contributed by atoms with E-state index < -0.39 is 0 Å². The van der Waals surface area contributed by atoms with Gasteiger partial charge in [-0.3, -0.25) is 0 Å². The Morgan fingerprint density at radius 2 is 1.25 bits per heavy atom. The zero-order valence-corrected chi connectivity index (χ0v) is 4.36. The van der Waals surface area contributed by atoms with Crippen LogP contribution in [-0.4, -0.2) is 0 Å². The molecule has 8 heavy (non-hydrogen) atoms. The van der Waals surface area contributed by atoms with Crippen LogP contribution in [0.4, 0.5) is 0 Å². The molecule has 0 aliphatic heterocycles. The normalized spacial score (nSPS) is 10.5. The molecule has 0 saturated carbocycles. The van der Waals surface area contributed by atoms with Crippen LogP contribution in [0.2, 0.25) is 0 Å². The number of nitrogens with zero attached hydrogens (tertiary/aromatic N) is 4. The highest BCUT2D eigenvalue weighted by Crippen LogP contribution is 1.78. The zero-order chi connectivity index (χ0) is 6.24. The fourth-order valence-electron chi connectivity index (χ4n) is 0.119. The molecule has 0 aromatic heterocycles. The van der Waals surface area contributed by atoms with Gasteiger partial charge in [0.15, 0.2) is 0 Å². The summed E-state index contributed by atoms with van der Waals surface area (Å²) in [6.45, 7) is 6.54. The minimum Gasteiger partial charge on any atom is -0.138 e. The lowest BCUT2D eigenvalue weighted by Crippen LogP contribution is -1.43. The second-order valence-corrected chi connectivity index (χ2v) is 0.775. The van der Waals surface area contributed by atoms with Gasteiger partial charge in [-0.1, -0.05) is 13.2 Å². The standard InChI is InChI=1S/C4H6N4/c1-3-5-7-8-6-4-2/h3-4H,1-2H2. The molecule has 0 spiro atoms. The maximum atomic E-state index is 3.29. The molecule has 42 valence electrons. The topological polar surface area (TPSA) is 49.4 Å². The van der Waals surface area contributed by atoms with Crippen molar-refractivity contribution >= 4 is 0 Å². The summed E-state index contributed by atoms with van der Waals surface area (Å²) in [5, 5.41) is 12.9. The Balaban J connectivity index is 3.41. The minimum atomic E-state index is 1.27. The molecule has 0 radical (unpaired) electrons. The third-order valence-electron chi connectivity index (χ3n) is 0.307. The van der Waals surface area contributed by atoms with Crippen LogP contribution >= 0.6 is 0 Å². The average molecular weight is 110 g/mol. The molecule has 0 atom stereocenters. The Hall–Kier alpha value is -1.32. The van der Waals surface area contributed by atoms with Crippen molar-refractivity contribution in [3.63, 3.8) is 0 Å². The van der Waals surface area contributed by atoms with Gasteiger partial charge >= 0.3 is 0 Å². The maximum Gasteiger partial charge on any atom is 0.0442 e. The highest BCUT2D eigenvalue weighted by molar-refractivity contribution is 4.58.